The highest BCUT2D eigenvalue weighted by Gasteiger charge is 2.58. The van der Waals surface area contributed by atoms with Gasteiger partial charge < -0.3 is 10.6 Å². The Balaban J connectivity index is 0.00000225. The molecule has 7 heteroatoms. The lowest BCUT2D eigenvalue weighted by atomic mass is 9.85. The van der Waals surface area contributed by atoms with Crippen LogP contribution in [-0.2, 0) is 9.59 Å². The molecule has 2 fully saturated rings. The Morgan fingerprint density at radius 1 is 1.14 bits per heavy atom. The summed E-state index contributed by atoms with van der Waals surface area (Å²) >= 11 is 0. The molecule has 0 aromatic carbocycles. The van der Waals surface area contributed by atoms with E-state index in [1.807, 2.05) is 0 Å². The molecule has 1 saturated heterocycles. The Labute approximate surface area is 184 Å². The van der Waals surface area contributed by atoms with Gasteiger partial charge in [0.2, 0.25) is 11.8 Å². The second-order valence-corrected chi connectivity index (χ2v) is 8.11. The Morgan fingerprint density at radius 3 is 2.43 bits per heavy atom. The van der Waals surface area contributed by atoms with Gasteiger partial charge in [0.15, 0.2) is 5.96 Å². The highest BCUT2D eigenvalue weighted by Crippen LogP contribution is 2.52. The maximum Gasteiger partial charge on any atom is 0.233 e. The molecule has 1 saturated carbocycles. The number of aliphatic imine (C=N–C) groups is 1. The van der Waals surface area contributed by atoms with E-state index in [4.69, 9.17) is 0 Å². The zero-order valence-corrected chi connectivity index (χ0v) is 18.9. The average molecular weight is 498 g/mol. The number of likely N-dealkylation sites (tertiary alicyclic amines) is 1. The molecule has 28 heavy (non-hydrogen) atoms. The van der Waals surface area contributed by atoms with E-state index in [0.29, 0.717) is 13.1 Å². The lowest BCUT2D eigenvalue weighted by molar-refractivity contribution is -0.140. The van der Waals surface area contributed by atoms with E-state index in [1.165, 1.54) is 29.7 Å². The quantitative estimate of drug-likeness (QED) is 0.141. The van der Waals surface area contributed by atoms with Gasteiger partial charge in [-0.25, -0.2) is 0 Å². The average Bonchev–Trinajstić information content (AvgIpc) is 3.44. The molecule has 2 bridgehead atoms. The van der Waals surface area contributed by atoms with Crippen molar-refractivity contribution < 1.29 is 9.59 Å². The number of guanidine groups is 1. The van der Waals surface area contributed by atoms with Crippen molar-refractivity contribution in [3.8, 4) is 0 Å². The number of carbonyl (C=O) groups is 2. The lowest BCUT2D eigenvalue weighted by Gasteiger charge is -2.18. The van der Waals surface area contributed by atoms with Gasteiger partial charge in [-0.15, -0.1) is 24.0 Å². The zero-order chi connectivity index (χ0) is 18.8. The van der Waals surface area contributed by atoms with E-state index in [0.717, 1.165) is 31.8 Å². The largest absolute Gasteiger partial charge is 0.356 e. The van der Waals surface area contributed by atoms with Crippen LogP contribution in [0.3, 0.4) is 0 Å². The van der Waals surface area contributed by atoms with Gasteiger partial charge in [0, 0.05) is 26.7 Å². The van der Waals surface area contributed by atoms with Crippen LogP contribution in [0.5, 0.6) is 0 Å². The van der Waals surface area contributed by atoms with Crippen LogP contribution in [0, 0.1) is 23.7 Å². The molecule has 4 unspecified atom stereocenters. The smallest absolute Gasteiger partial charge is 0.233 e. The fourth-order valence-electron chi connectivity index (χ4n) is 5.15. The number of carbonyl (C=O) groups excluding carboxylic acids is 2. The normalized spacial score (nSPS) is 30.5. The van der Waals surface area contributed by atoms with Gasteiger partial charge in [0.1, 0.15) is 0 Å². The van der Waals surface area contributed by atoms with Gasteiger partial charge in [0.05, 0.1) is 11.8 Å². The first-order valence-electron chi connectivity index (χ1n) is 10.3. The van der Waals surface area contributed by atoms with Crippen LogP contribution >= 0.6 is 24.0 Å². The van der Waals surface area contributed by atoms with E-state index in [2.05, 4.69) is 33.9 Å². The zero-order valence-electron chi connectivity index (χ0n) is 16.5. The first kappa shape index (κ1) is 21.3. The number of hydrogen-bond donors (Lipinski definition) is 2. The molecule has 1 aliphatic heterocycles. The molecule has 4 rings (SSSR count). The monoisotopic (exact) mass is 498 g/mol. The van der Waals surface area contributed by atoms with Gasteiger partial charge in [-0.3, -0.25) is 19.5 Å². The maximum absolute atomic E-state index is 12.6. The van der Waals surface area contributed by atoms with Crippen LogP contribution in [0.25, 0.3) is 0 Å². The third-order valence-electron chi connectivity index (χ3n) is 6.51. The van der Waals surface area contributed by atoms with Crippen molar-refractivity contribution in [1.29, 1.82) is 0 Å². The third-order valence-corrected chi connectivity index (χ3v) is 6.51. The minimum absolute atomic E-state index is 0. The summed E-state index contributed by atoms with van der Waals surface area (Å²) in [4.78, 5) is 31.0. The van der Waals surface area contributed by atoms with E-state index >= 15 is 0 Å². The fourth-order valence-corrected chi connectivity index (χ4v) is 5.15. The van der Waals surface area contributed by atoms with Crippen LogP contribution in [-0.4, -0.2) is 49.4 Å². The van der Waals surface area contributed by atoms with Crippen molar-refractivity contribution in [3.05, 3.63) is 23.8 Å². The number of allylic oxidation sites excluding steroid dienone is 3. The maximum atomic E-state index is 12.6. The van der Waals surface area contributed by atoms with Crippen LogP contribution in [0.2, 0.25) is 0 Å². The van der Waals surface area contributed by atoms with Crippen LogP contribution in [0.15, 0.2) is 28.8 Å². The summed E-state index contributed by atoms with van der Waals surface area (Å²) in [7, 11) is 1.77. The van der Waals surface area contributed by atoms with E-state index in [-0.39, 0.29) is 59.5 Å². The number of hydrogen-bond acceptors (Lipinski definition) is 3. The van der Waals surface area contributed by atoms with Crippen molar-refractivity contribution in [1.82, 2.24) is 15.5 Å². The summed E-state index contributed by atoms with van der Waals surface area (Å²) in [5, 5.41) is 6.62. The molecule has 4 aliphatic rings. The van der Waals surface area contributed by atoms with Crippen molar-refractivity contribution in [2.45, 2.75) is 38.5 Å². The fraction of sp³-hybridized carbons (Fsp3) is 0.667. The molecule has 0 aromatic heterocycles. The third kappa shape index (κ3) is 4.14. The Kier molecular flexibility index (Phi) is 7.17. The molecule has 0 radical (unpaired) electrons. The van der Waals surface area contributed by atoms with Gasteiger partial charge >= 0.3 is 0 Å². The van der Waals surface area contributed by atoms with Crippen molar-refractivity contribution in [3.63, 3.8) is 0 Å². The summed E-state index contributed by atoms with van der Waals surface area (Å²) in [6, 6.07) is 0. The first-order chi connectivity index (χ1) is 13.2. The molecule has 0 spiro atoms. The van der Waals surface area contributed by atoms with E-state index in [9.17, 15) is 9.59 Å². The van der Waals surface area contributed by atoms with Crippen molar-refractivity contribution in [2.75, 3.05) is 26.7 Å². The minimum atomic E-state index is -0.0835. The summed E-state index contributed by atoms with van der Waals surface area (Å²) in [5.74, 6) is 1.30. The predicted octanol–water partition coefficient (Wildman–Crippen LogP) is 2.47. The molecule has 3 aliphatic carbocycles. The summed E-state index contributed by atoms with van der Waals surface area (Å²) < 4.78 is 0. The number of nitrogens with zero attached hydrogens (tertiary/aromatic N) is 2. The SMILES string of the molecule is CN=C(NCCCN1C(=O)C2C3C=CC(C3)C2C1=O)NCCC1=CCCC1.I. The number of nitrogens with one attached hydrogen (secondary N) is 2. The number of amides is 2. The van der Waals surface area contributed by atoms with Crippen LogP contribution in [0.1, 0.15) is 38.5 Å². The second kappa shape index (κ2) is 9.41. The van der Waals surface area contributed by atoms with Gasteiger partial charge in [-0.1, -0.05) is 23.8 Å². The van der Waals surface area contributed by atoms with Crippen LogP contribution < -0.4 is 10.6 Å². The van der Waals surface area contributed by atoms with Crippen LogP contribution in [0.4, 0.5) is 0 Å². The van der Waals surface area contributed by atoms with E-state index in [1.54, 1.807) is 7.05 Å². The topological polar surface area (TPSA) is 73.8 Å². The number of rotatable bonds is 7. The summed E-state index contributed by atoms with van der Waals surface area (Å²) in [5.41, 5.74) is 1.54. The first-order valence-corrected chi connectivity index (χ1v) is 10.3. The number of halogens is 1. The summed E-state index contributed by atoms with van der Waals surface area (Å²) in [6.45, 7) is 2.08. The Morgan fingerprint density at radius 2 is 1.82 bits per heavy atom. The molecular formula is C21H31IN4O2. The Bertz CT molecular complexity index is 673. The van der Waals surface area contributed by atoms with Gasteiger partial charge in [-0.05, 0) is 50.4 Å². The van der Waals surface area contributed by atoms with Gasteiger partial charge in [0.25, 0.3) is 0 Å². The van der Waals surface area contributed by atoms with Crippen molar-refractivity contribution in [2.24, 2.45) is 28.7 Å². The molecule has 4 atom stereocenters. The standard InChI is InChI=1S/C21H30N4O2.HI/c1-22-21(24-11-9-14-5-2-3-6-14)23-10-4-12-25-19(26)17-15-7-8-16(13-15)18(17)20(25)27;/h5,7-8,15-18H,2-4,6,9-13H2,1H3,(H2,22,23,24);1H. The van der Waals surface area contributed by atoms with E-state index < -0.39 is 0 Å². The Hall–Kier alpha value is -1.38. The minimum Gasteiger partial charge on any atom is -0.356 e. The van der Waals surface area contributed by atoms with Crippen molar-refractivity contribution >= 4 is 41.8 Å². The molecule has 1 heterocycles. The molecule has 2 N–H and O–H groups in total. The molecule has 0 aromatic rings. The predicted molar refractivity (Wildman–Crippen MR) is 120 cm³/mol. The number of imide groups is 1. The second-order valence-electron chi connectivity index (χ2n) is 8.11. The van der Waals surface area contributed by atoms with Gasteiger partial charge in [-0.2, -0.15) is 0 Å². The summed E-state index contributed by atoms with van der Waals surface area (Å²) in [6.07, 6.45) is 13.1. The lowest BCUT2D eigenvalue weighted by Crippen LogP contribution is -2.40. The molecule has 2 amide bonds. The molecular weight excluding hydrogens is 467 g/mol. The number of fused-ring (bicyclic) bond motifs is 5. The highest BCUT2D eigenvalue weighted by atomic mass is 127. The molecule has 6 nitrogen and oxygen atoms in total. The highest BCUT2D eigenvalue weighted by molar-refractivity contribution is 14.0. The molecule has 154 valence electrons.